The van der Waals surface area contributed by atoms with Gasteiger partial charge in [0, 0.05) is 24.9 Å². The number of rotatable bonds is 16. The molecule has 6 N–H and O–H groups in total. The summed E-state index contributed by atoms with van der Waals surface area (Å²) >= 11 is 0. The maximum Gasteiger partial charge on any atom is 0.251 e. The SMILES string of the molecule is CC(C)(C)CC(CCCN=C(N)N[N+](=O)[O-])C(=O)CC(=O)C(CCCN=C(N)N[N+](=O)[O-])CC(C)(C)C. The Morgan fingerprint density at radius 1 is 0.757 bits per heavy atom. The number of nitrogens with zero attached hydrogens (tertiary/aromatic N) is 4. The first kappa shape index (κ1) is 33.7. The standard InChI is InChI=1S/C23H44N8O6/c1-22(2,3)14-16(9-7-11-26-20(24)28-30(34)35)18(32)13-19(33)17(15-23(4,5)6)10-8-12-27-21(25)29-31(36)37/h16-17H,7-15H2,1-6H3,(H3,24,26,28)(H3,25,27,29). The Labute approximate surface area is 218 Å². The highest BCUT2D eigenvalue weighted by atomic mass is 16.7. The Bertz CT molecular complexity index is 777. The smallest absolute Gasteiger partial charge is 0.251 e. The minimum Gasteiger partial charge on any atom is -0.365 e. The minimum absolute atomic E-state index is 0.128. The number of nitrogens with two attached hydrogens (primary N) is 2. The number of nitro groups is 2. The van der Waals surface area contributed by atoms with E-state index in [-0.39, 0.29) is 65.7 Å². The van der Waals surface area contributed by atoms with Crippen molar-refractivity contribution in [3.05, 3.63) is 20.2 Å². The van der Waals surface area contributed by atoms with Crippen LogP contribution in [0.25, 0.3) is 0 Å². The molecule has 0 aliphatic rings. The molecule has 0 bridgehead atoms. The maximum atomic E-state index is 13.2. The first-order valence-corrected chi connectivity index (χ1v) is 12.4. The lowest BCUT2D eigenvalue weighted by molar-refractivity contribution is -0.525. The zero-order valence-corrected chi connectivity index (χ0v) is 22.9. The molecule has 0 spiro atoms. The van der Waals surface area contributed by atoms with Gasteiger partial charge in [-0.2, -0.15) is 0 Å². The third kappa shape index (κ3) is 18.6. The van der Waals surface area contributed by atoms with Gasteiger partial charge < -0.3 is 11.5 Å². The predicted molar refractivity (Wildman–Crippen MR) is 141 cm³/mol. The fourth-order valence-electron chi connectivity index (χ4n) is 4.02. The zero-order chi connectivity index (χ0) is 28.8. The summed E-state index contributed by atoms with van der Waals surface area (Å²) in [6.07, 6.45) is 2.96. The number of carbonyl (C=O) groups is 2. The lowest BCUT2D eigenvalue weighted by Gasteiger charge is -2.27. The number of guanidine groups is 2. The Morgan fingerprint density at radius 2 is 1.08 bits per heavy atom. The van der Waals surface area contributed by atoms with Crippen molar-refractivity contribution in [3.63, 3.8) is 0 Å². The third-order valence-corrected chi connectivity index (χ3v) is 5.37. The van der Waals surface area contributed by atoms with E-state index in [2.05, 4.69) is 9.98 Å². The summed E-state index contributed by atoms with van der Waals surface area (Å²) in [6, 6.07) is 0. The second-order valence-corrected chi connectivity index (χ2v) is 11.6. The molecule has 0 radical (unpaired) electrons. The van der Waals surface area contributed by atoms with Crippen molar-refractivity contribution in [1.29, 1.82) is 0 Å². The number of ketones is 2. The second kappa shape index (κ2) is 15.7. The number of hydrazine groups is 2. The van der Waals surface area contributed by atoms with Gasteiger partial charge in [-0.25, -0.2) is 30.2 Å². The number of Topliss-reactive ketones (excluding diaryl/α,β-unsaturated/α-hetero) is 2. The fourth-order valence-corrected chi connectivity index (χ4v) is 4.02. The van der Waals surface area contributed by atoms with Crippen molar-refractivity contribution >= 4 is 23.5 Å². The van der Waals surface area contributed by atoms with Crippen LogP contribution in [0.15, 0.2) is 9.98 Å². The first-order chi connectivity index (χ1) is 16.9. The highest BCUT2D eigenvalue weighted by molar-refractivity contribution is 6.01. The first-order valence-electron chi connectivity index (χ1n) is 12.4. The van der Waals surface area contributed by atoms with Gasteiger partial charge in [0.1, 0.15) is 11.6 Å². The van der Waals surface area contributed by atoms with E-state index in [1.54, 1.807) is 10.9 Å². The number of carbonyl (C=O) groups excluding carboxylic acids is 2. The minimum atomic E-state index is -0.796. The van der Waals surface area contributed by atoms with E-state index in [9.17, 15) is 29.8 Å². The quantitative estimate of drug-likeness (QED) is 0.0571. The topological polar surface area (TPSA) is 221 Å². The molecule has 0 aliphatic heterocycles. The van der Waals surface area contributed by atoms with Gasteiger partial charge in [0.05, 0.1) is 6.42 Å². The monoisotopic (exact) mass is 528 g/mol. The molecule has 0 saturated heterocycles. The van der Waals surface area contributed by atoms with Crippen molar-refractivity contribution in [2.24, 2.45) is 44.1 Å². The van der Waals surface area contributed by atoms with E-state index in [0.717, 1.165) is 0 Å². The van der Waals surface area contributed by atoms with Gasteiger partial charge >= 0.3 is 0 Å². The van der Waals surface area contributed by atoms with Crippen molar-refractivity contribution in [2.75, 3.05) is 13.1 Å². The summed E-state index contributed by atoms with van der Waals surface area (Å²) in [7, 11) is 0. The van der Waals surface area contributed by atoms with Crippen LogP contribution in [0.1, 0.15) is 86.5 Å². The molecular formula is C23H44N8O6. The molecule has 0 amide bonds. The summed E-state index contributed by atoms with van der Waals surface area (Å²) in [6.45, 7) is 12.6. The van der Waals surface area contributed by atoms with Crippen LogP contribution in [0.2, 0.25) is 0 Å². The number of nitrogens with one attached hydrogen (secondary N) is 2. The van der Waals surface area contributed by atoms with Crippen LogP contribution in [0.4, 0.5) is 0 Å². The Kier molecular flexibility index (Phi) is 14.3. The maximum absolute atomic E-state index is 13.2. The van der Waals surface area contributed by atoms with Gasteiger partial charge in [0.25, 0.3) is 11.9 Å². The van der Waals surface area contributed by atoms with Crippen LogP contribution in [0.3, 0.4) is 0 Å². The van der Waals surface area contributed by atoms with E-state index >= 15 is 0 Å². The van der Waals surface area contributed by atoms with E-state index in [1.165, 1.54) is 0 Å². The fraction of sp³-hybridized carbons (Fsp3) is 0.826. The van der Waals surface area contributed by atoms with Crippen LogP contribution >= 0.6 is 0 Å². The lowest BCUT2D eigenvalue weighted by Crippen LogP contribution is -2.36. The molecule has 14 nitrogen and oxygen atoms in total. The molecule has 0 heterocycles. The number of aliphatic imine (C=N–C) groups is 2. The summed E-state index contributed by atoms with van der Waals surface area (Å²) in [4.78, 5) is 55.0. The summed E-state index contributed by atoms with van der Waals surface area (Å²) in [5.41, 5.74) is 14.1. The van der Waals surface area contributed by atoms with Crippen LogP contribution in [-0.4, -0.2) is 46.6 Å². The van der Waals surface area contributed by atoms with Crippen LogP contribution < -0.4 is 22.3 Å². The molecule has 14 heteroatoms. The highest BCUT2D eigenvalue weighted by Crippen LogP contribution is 2.31. The largest absolute Gasteiger partial charge is 0.365 e. The zero-order valence-electron chi connectivity index (χ0n) is 22.9. The van der Waals surface area contributed by atoms with Crippen molar-refractivity contribution in [1.82, 2.24) is 10.9 Å². The Morgan fingerprint density at radius 3 is 1.35 bits per heavy atom. The molecule has 0 rings (SSSR count). The van der Waals surface area contributed by atoms with Crippen molar-refractivity contribution < 1.29 is 19.7 Å². The van der Waals surface area contributed by atoms with E-state index in [4.69, 9.17) is 11.5 Å². The average molecular weight is 529 g/mol. The van der Waals surface area contributed by atoms with E-state index in [1.807, 2.05) is 41.5 Å². The van der Waals surface area contributed by atoms with E-state index in [0.29, 0.717) is 38.5 Å². The van der Waals surface area contributed by atoms with Crippen LogP contribution in [0, 0.1) is 42.9 Å². The van der Waals surface area contributed by atoms with Crippen molar-refractivity contribution in [3.8, 4) is 0 Å². The Balaban J connectivity index is 5.24. The van der Waals surface area contributed by atoms with Gasteiger partial charge in [-0.3, -0.25) is 9.59 Å². The molecule has 0 fully saturated rings. The summed E-state index contributed by atoms with van der Waals surface area (Å²) in [5, 5.41) is 19.2. The second-order valence-electron chi connectivity index (χ2n) is 11.6. The third-order valence-electron chi connectivity index (χ3n) is 5.37. The van der Waals surface area contributed by atoms with E-state index < -0.39 is 10.1 Å². The van der Waals surface area contributed by atoms with Crippen molar-refractivity contribution in [2.45, 2.75) is 86.5 Å². The molecule has 212 valence electrons. The van der Waals surface area contributed by atoms with Gasteiger partial charge in [0.15, 0.2) is 10.1 Å². The molecule has 0 aliphatic carbocycles. The highest BCUT2D eigenvalue weighted by Gasteiger charge is 2.30. The molecule has 0 saturated carbocycles. The molecular weight excluding hydrogens is 484 g/mol. The average Bonchev–Trinajstić information content (AvgIpc) is 2.69. The van der Waals surface area contributed by atoms with Crippen LogP contribution in [0.5, 0.6) is 0 Å². The molecule has 2 atom stereocenters. The predicted octanol–water partition coefficient (Wildman–Crippen LogP) is 2.37. The molecule has 0 aromatic carbocycles. The summed E-state index contributed by atoms with van der Waals surface area (Å²) < 4.78 is 0. The van der Waals surface area contributed by atoms with Gasteiger partial charge in [-0.1, -0.05) is 52.4 Å². The number of hydrogen-bond acceptors (Lipinski definition) is 8. The normalized spacial score (nSPS) is 14.5. The van der Waals surface area contributed by atoms with Gasteiger partial charge in [-0.05, 0) is 49.4 Å². The molecule has 0 aromatic heterocycles. The van der Waals surface area contributed by atoms with Gasteiger partial charge in [0.2, 0.25) is 0 Å². The summed E-state index contributed by atoms with van der Waals surface area (Å²) in [5.74, 6) is -1.56. The molecule has 37 heavy (non-hydrogen) atoms. The number of hydrogen-bond donors (Lipinski definition) is 4. The molecule has 0 aromatic rings. The van der Waals surface area contributed by atoms with Gasteiger partial charge in [-0.15, -0.1) is 0 Å². The molecule has 2 unspecified atom stereocenters. The lowest BCUT2D eigenvalue weighted by atomic mass is 9.77. The van der Waals surface area contributed by atoms with Crippen LogP contribution in [-0.2, 0) is 9.59 Å². The Hall–Kier alpha value is -3.32.